The maximum Gasteiger partial charge on any atom is 0.256 e. The van der Waals surface area contributed by atoms with E-state index < -0.39 is 11.6 Å². The third kappa shape index (κ3) is 3.77. The van der Waals surface area contributed by atoms with Gasteiger partial charge in [0, 0.05) is 55.5 Å². The molecule has 0 bridgehead atoms. The van der Waals surface area contributed by atoms with E-state index in [1.165, 1.54) is 18.2 Å². The standard InChI is InChI=1S/C27H23F2N5O2/c28-17-14-20-24-18(6-8-31-26(20)35)25(32-22(24)15-17)16-4-5-21(29)19(13-16)27(36)34-11-9-33(10-12-34)23-3-1-2-7-30-23/h1-5,7,13-15,32H,6,8-12H2,(H,31,35). The Morgan fingerprint density at radius 2 is 1.83 bits per heavy atom. The van der Waals surface area contributed by atoms with E-state index in [2.05, 4.69) is 20.2 Å². The summed E-state index contributed by atoms with van der Waals surface area (Å²) in [5.41, 5.74) is 2.85. The summed E-state index contributed by atoms with van der Waals surface area (Å²) in [6.07, 6.45) is 2.26. The van der Waals surface area contributed by atoms with E-state index in [9.17, 15) is 18.4 Å². The summed E-state index contributed by atoms with van der Waals surface area (Å²) in [5.74, 6) is -0.968. The minimum atomic E-state index is -0.596. The van der Waals surface area contributed by atoms with Crippen LogP contribution < -0.4 is 10.2 Å². The molecule has 0 unspecified atom stereocenters. The van der Waals surface area contributed by atoms with Gasteiger partial charge in [-0.1, -0.05) is 6.07 Å². The average Bonchev–Trinajstić information content (AvgIpc) is 3.17. The molecule has 2 aliphatic rings. The number of hydrogen-bond acceptors (Lipinski definition) is 4. The highest BCUT2D eigenvalue weighted by atomic mass is 19.1. The van der Waals surface area contributed by atoms with E-state index >= 15 is 0 Å². The Hall–Kier alpha value is -4.27. The molecule has 1 saturated heterocycles. The van der Waals surface area contributed by atoms with Crippen molar-refractivity contribution in [1.82, 2.24) is 20.2 Å². The Labute approximate surface area is 205 Å². The van der Waals surface area contributed by atoms with E-state index in [-0.39, 0.29) is 22.9 Å². The zero-order valence-electron chi connectivity index (χ0n) is 19.4. The van der Waals surface area contributed by atoms with Gasteiger partial charge in [0.05, 0.1) is 11.1 Å². The third-order valence-electron chi connectivity index (χ3n) is 6.90. The molecule has 2 amide bonds. The average molecular weight is 488 g/mol. The highest BCUT2D eigenvalue weighted by Crippen LogP contribution is 2.35. The first-order valence-electron chi connectivity index (χ1n) is 11.9. The van der Waals surface area contributed by atoms with Gasteiger partial charge in [-0.25, -0.2) is 13.8 Å². The Kier molecular flexibility index (Phi) is 5.40. The van der Waals surface area contributed by atoms with Crippen molar-refractivity contribution in [2.24, 2.45) is 0 Å². The molecule has 9 heteroatoms. The van der Waals surface area contributed by atoms with Gasteiger partial charge in [0.1, 0.15) is 17.5 Å². The molecule has 4 heterocycles. The smallest absolute Gasteiger partial charge is 0.256 e. The Morgan fingerprint density at radius 1 is 1.00 bits per heavy atom. The molecule has 4 aromatic rings. The zero-order chi connectivity index (χ0) is 24.8. The van der Waals surface area contributed by atoms with Crippen molar-refractivity contribution >= 4 is 28.5 Å². The molecule has 2 aromatic carbocycles. The number of benzene rings is 2. The number of aromatic nitrogens is 2. The Balaban J connectivity index is 1.32. The quantitative estimate of drug-likeness (QED) is 0.461. The maximum atomic E-state index is 14.9. The fourth-order valence-electron chi connectivity index (χ4n) is 5.13. The number of amides is 2. The number of pyridine rings is 1. The molecule has 7 nitrogen and oxygen atoms in total. The normalized spacial score (nSPS) is 15.7. The van der Waals surface area contributed by atoms with Crippen LogP contribution in [0.2, 0.25) is 0 Å². The number of hydrogen-bond donors (Lipinski definition) is 2. The Bertz CT molecular complexity index is 1490. The van der Waals surface area contributed by atoms with Gasteiger partial charge in [-0.15, -0.1) is 0 Å². The summed E-state index contributed by atoms with van der Waals surface area (Å²) >= 11 is 0. The number of carbonyl (C=O) groups is 2. The number of nitrogens with one attached hydrogen (secondary N) is 2. The predicted octanol–water partition coefficient (Wildman–Crippen LogP) is 3.76. The maximum absolute atomic E-state index is 14.9. The number of halogens is 2. The molecule has 0 spiro atoms. The van der Waals surface area contributed by atoms with E-state index in [1.54, 1.807) is 23.2 Å². The number of anilines is 1. The SMILES string of the molecule is O=C1NCCc2c(-c3ccc(F)c(C(=O)N4CCN(c5ccccn5)CC4)c3)[nH]c3cc(F)cc1c23. The van der Waals surface area contributed by atoms with E-state index in [4.69, 9.17) is 0 Å². The summed E-state index contributed by atoms with van der Waals surface area (Å²) in [7, 11) is 0. The van der Waals surface area contributed by atoms with Gasteiger partial charge >= 0.3 is 0 Å². The number of piperazine rings is 1. The van der Waals surface area contributed by atoms with Crippen LogP contribution in [-0.4, -0.2) is 59.4 Å². The molecule has 0 atom stereocenters. The molecular weight excluding hydrogens is 464 g/mol. The zero-order valence-corrected chi connectivity index (χ0v) is 19.4. The predicted molar refractivity (Wildman–Crippen MR) is 132 cm³/mol. The molecule has 182 valence electrons. The van der Waals surface area contributed by atoms with Gasteiger partial charge < -0.3 is 20.1 Å². The van der Waals surface area contributed by atoms with Gasteiger partial charge in [-0.05, 0) is 60.0 Å². The van der Waals surface area contributed by atoms with Crippen molar-refractivity contribution in [2.75, 3.05) is 37.6 Å². The van der Waals surface area contributed by atoms with Gasteiger partial charge in [-0.3, -0.25) is 9.59 Å². The van der Waals surface area contributed by atoms with Crippen LogP contribution in [0.3, 0.4) is 0 Å². The molecule has 2 aromatic heterocycles. The van der Waals surface area contributed by atoms with E-state index in [1.807, 2.05) is 18.2 Å². The largest absolute Gasteiger partial charge is 0.354 e. The van der Waals surface area contributed by atoms with Crippen LogP contribution in [0, 0.1) is 11.6 Å². The molecule has 2 aliphatic heterocycles. The number of nitrogens with zero attached hydrogens (tertiary/aromatic N) is 3. The van der Waals surface area contributed by atoms with Gasteiger partial charge in [-0.2, -0.15) is 0 Å². The van der Waals surface area contributed by atoms with Gasteiger partial charge in [0.25, 0.3) is 11.8 Å². The fourth-order valence-corrected chi connectivity index (χ4v) is 5.13. The summed E-state index contributed by atoms with van der Waals surface area (Å²) in [4.78, 5) is 37.1. The van der Waals surface area contributed by atoms with Crippen LogP contribution in [0.25, 0.3) is 22.2 Å². The number of H-pyrrole nitrogens is 1. The summed E-state index contributed by atoms with van der Waals surface area (Å²) in [6, 6.07) is 12.7. The van der Waals surface area contributed by atoms with Crippen LogP contribution in [-0.2, 0) is 6.42 Å². The van der Waals surface area contributed by atoms with Crippen LogP contribution in [0.5, 0.6) is 0 Å². The molecule has 1 fully saturated rings. The number of carbonyl (C=O) groups excluding carboxylic acids is 2. The number of aromatic amines is 1. The fraction of sp³-hybridized carbons (Fsp3) is 0.222. The molecule has 6 rings (SSSR count). The topological polar surface area (TPSA) is 81.3 Å². The lowest BCUT2D eigenvalue weighted by Gasteiger charge is -2.35. The van der Waals surface area contributed by atoms with Crippen LogP contribution in [0.1, 0.15) is 26.3 Å². The second-order valence-corrected chi connectivity index (χ2v) is 9.02. The molecule has 0 saturated carbocycles. The van der Waals surface area contributed by atoms with Crippen LogP contribution >= 0.6 is 0 Å². The summed E-state index contributed by atoms with van der Waals surface area (Å²) in [6.45, 7) is 2.50. The highest BCUT2D eigenvalue weighted by molar-refractivity contribution is 6.10. The van der Waals surface area contributed by atoms with Crippen molar-refractivity contribution in [2.45, 2.75) is 6.42 Å². The van der Waals surface area contributed by atoms with Crippen molar-refractivity contribution in [3.63, 3.8) is 0 Å². The first-order chi connectivity index (χ1) is 17.5. The van der Waals surface area contributed by atoms with Crippen molar-refractivity contribution < 1.29 is 18.4 Å². The minimum Gasteiger partial charge on any atom is -0.354 e. The first-order valence-corrected chi connectivity index (χ1v) is 11.9. The minimum absolute atomic E-state index is 0.0149. The third-order valence-corrected chi connectivity index (χ3v) is 6.90. The van der Waals surface area contributed by atoms with E-state index in [0.717, 1.165) is 11.4 Å². The molecule has 0 radical (unpaired) electrons. The molecule has 0 aliphatic carbocycles. The molecule has 36 heavy (non-hydrogen) atoms. The van der Waals surface area contributed by atoms with Crippen LogP contribution in [0.4, 0.5) is 14.6 Å². The molecular formula is C27H23F2N5O2. The van der Waals surface area contributed by atoms with Crippen molar-refractivity contribution in [3.05, 3.63) is 83.1 Å². The lowest BCUT2D eigenvalue weighted by atomic mass is 9.98. The van der Waals surface area contributed by atoms with E-state index in [0.29, 0.717) is 61.3 Å². The lowest BCUT2D eigenvalue weighted by Crippen LogP contribution is -2.49. The summed E-state index contributed by atoms with van der Waals surface area (Å²) < 4.78 is 29.1. The van der Waals surface area contributed by atoms with Gasteiger partial charge in [0.15, 0.2) is 0 Å². The first kappa shape index (κ1) is 22.2. The summed E-state index contributed by atoms with van der Waals surface area (Å²) in [5, 5.41) is 3.45. The lowest BCUT2D eigenvalue weighted by molar-refractivity contribution is 0.0741. The van der Waals surface area contributed by atoms with Crippen molar-refractivity contribution in [3.8, 4) is 11.3 Å². The molecule has 2 N–H and O–H groups in total. The number of rotatable bonds is 3. The van der Waals surface area contributed by atoms with Crippen LogP contribution in [0.15, 0.2) is 54.7 Å². The second-order valence-electron chi connectivity index (χ2n) is 9.02. The monoisotopic (exact) mass is 487 g/mol. The second kappa shape index (κ2) is 8.75. The van der Waals surface area contributed by atoms with Crippen molar-refractivity contribution in [1.29, 1.82) is 0 Å². The Morgan fingerprint density at radius 3 is 2.61 bits per heavy atom. The highest BCUT2D eigenvalue weighted by Gasteiger charge is 2.27. The van der Waals surface area contributed by atoms with Gasteiger partial charge in [0.2, 0.25) is 0 Å².